The quantitative estimate of drug-likeness (QED) is 0.456. The van der Waals surface area contributed by atoms with Gasteiger partial charge in [-0.3, -0.25) is 0 Å². The lowest BCUT2D eigenvalue weighted by Crippen LogP contribution is -2.21. The highest BCUT2D eigenvalue weighted by atomic mass is 19.1. The Kier molecular flexibility index (Phi) is 2.58. The molecule has 0 bridgehead atoms. The van der Waals surface area contributed by atoms with Gasteiger partial charge in [0.05, 0.1) is 0 Å². The summed E-state index contributed by atoms with van der Waals surface area (Å²) in [4.78, 5) is 0. The molecule has 0 unspecified atom stereocenters. The molecule has 0 saturated heterocycles. The summed E-state index contributed by atoms with van der Waals surface area (Å²) in [6.45, 7) is 6.73. The summed E-state index contributed by atoms with van der Waals surface area (Å²) in [5.74, 6) is 0. The summed E-state index contributed by atoms with van der Waals surface area (Å²) >= 11 is 0. The minimum Gasteiger partial charge on any atom is -0.348 e. The normalized spacial score (nSPS) is 11.1. The minimum atomic E-state index is -0.782. The maximum atomic E-state index is 12.1. The van der Waals surface area contributed by atoms with Gasteiger partial charge in [-0.2, -0.15) is 0 Å². The fourth-order valence-electron chi connectivity index (χ4n) is 0.689. The molecule has 0 aliphatic carbocycles. The molecule has 0 nitrogen and oxygen atoms in total. The smallest absolute Gasteiger partial charge is 0.299 e. The Morgan fingerprint density at radius 2 is 1.75 bits per heavy atom. The van der Waals surface area contributed by atoms with E-state index < -0.39 is 6.88 Å². The molecule has 1 radical (unpaired) electrons. The van der Waals surface area contributed by atoms with Crippen LogP contribution in [0.5, 0.6) is 0 Å². The van der Waals surface area contributed by atoms with Gasteiger partial charge >= 0.3 is 0 Å². The van der Waals surface area contributed by atoms with Crippen LogP contribution in [0.1, 0.15) is 20.8 Å². The van der Waals surface area contributed by atoms with Gasteiger partial charge in [-0.25, -0.2) is 0 Å². The van der Waals surface area contributed by atoms with Crippen molar-refractivity contribution in [3.8, 4) is 0 Å². The van der Waals surface area contributed by atoms with Gasteiger partial charge in [0.15, 0.2) is 0 Å². The molecular weight excluding hydrogens is 101 g/mol. The van der Waals surface area contributed by atoms with E-state index in [0.717, 1.165) is 0 Å². The molecule has 0 spiro atoms. The van der Waals surface area contributed by atoms with Crippen LogP contribution in [0.25, 0.3) is 0 Å². The molecule has 0 rings (SSSR count). The second-order valence-corrected chi connectivity index (χ2v) is 3.21. The lowest BCUT2D eigenvalue weighted by atomic mass is 9.27. The molecule has 0 atom stereocenters. The van der Waals surface area contributed by atoms with Crippen molar-refractivity contribution in [1.29, 1.82) is 0 Å². The van der Waals surface area contributed by atoms with E-state index in [2.05, 4.69) is 0 Å². The predicted molar refractivity (Wildman–Crippen MR) is 38.2 cm³/mol. The van der Waals surface area contributed by atoms with E-state index in [1.165, 1.54) is 0 Å². The SMILES string of the molecule is CB(F)[B]C(C)(C)C. The second-order valence-electron chi connectivity index (χ2n) is 3.21. The summed E-state index contributed by atoms with van der Waals surface area (Å²) in [7, 11) is 1.69. The summed E-state index contributed by atoms with van der Waals surface area (Å²) < 4.78 is 12.1. The average molecular weight is 113 g/mol. The van der Waals surface area contributed by atoms with Gasteiger partial charge in [-0.15, -0.1) is 0 Å². The van der Waals surface area contributed by atoms with E-state index in [1.54, 1.807) is 14.0 Å². The van der Waals surface area contributed by atoms with Crippen LogP contribution >= 0.6 is 0 Å². The van der Waals surface area contributed by atoms with Gasteiger partial charge < -0.3 is 4.32 Å². The van der Waals surface area contributed by atoms with Crippen LogP contribution in [-0.4, -0.2) is 14.1 Å². The van der Waals surface area contributed by atoms with Crippen LogP contribution in [0.2, 0.25) is 12.1 Å². The van der Waals surface area contributed by atoms with Gasteiger partial charge in [-0.1, -0.05) is 32.9 Å². The van der Waals surface area contributed by atoms with Gasteiger partial charge in [0.1, 0.15) is 7.17 Å². The molecule has 0 aromatic heterocycles. The average Bonchev–Trinajstić information content (AvgIpc) is 1.21. The number of rotatable bonds is 1. The molecule has 0 saturated carbocycles. The van der Waals surface area contributed by atoms with Gasteiger partial charge in [0.2, 0.25) is 0 Å². The van der Waals surface area contributed by atoms with E-state index in [1.807, 2.05) is 20.8 Å². The maximum absolute atomic E-state index is 12.1. The highest BCUT2D eigenvalue weighted by molar-refractivity contribution is 7.09. The number of hydrogen-bond acceptors (Lipinski definition) is 0. The Hall–Kier alpha value is 0.0599. The summed E-state index contributed by atoms with van der Waals surface area (Å²) in [5, 5.41) is 0.0220. The van der Waals surface area contributed by atoms with Crippen molar-refractivity contribution < 1.29 is 4.32 Å². The first-order chi connectivity index (χ1) is 3.42. The Balaban J connectivity index is 3.39. The molecule has 0 fully saturated rings. The molecule has 0 amide bonds. The molecule has 0 aromatic carbocycles. The zero-order valence-electron chi connectivity index (χ0n) is 6.03. The third-order valence-electron chi connectivity index (χ3n) is 0.730. The standard InChI is InChI=1S/C5H12B2F/c1-5(2,3)6-7(4)8/h1-4H3. The van der Waals surface area contributed by atoms with Gasteiger partial charge in [0.25, 0.3) is 6.88 Å². The molecule has 3 heteroatoms. The third-order valence-corrected chi connectivity index (χ3v) is 0.730. The monoisotopic (exact) mass is 113 g/mol. The van der Waals surface area contributed by atoms with Crippen molar-refractivity contribution in [3.63, 3.8) is 0 Å². The first-order valence-electron chi connectivity index (χ1n) is 2.92. The van der Waals surface area contributed by atoms with Crippen LogP contribution in [0, 0.1) is 0 Å². The lowest BCUT2D eigenvalue weighted by Gasteiger charge is -2.15. The Labute approximate surface area is 52.2 Å². The van der Waals surface area contributed by atoms with Crippen molar-refractivity contribution in [2.45, 2.75) is 32.9 Å². The van der Waals surface area contributed by atoms with Crippen LogP contribution < -0.4 is 0 Å². The molecular formula is C5H12B2F. The van der Waals surface area contributed by atoms with E-state index >= 15 is 0 Å². The largest absolute Gasteiger partial charge is 0.348 e. The van der Waals surface area contributed by atoms with Crippen molar-refractivity contribution in [1.82, 2.24) is 0 Å². The zero-order chi connectivity index (χ0) is 6.78. The Bertz CT molecular complexity index is 65.3. The first kappa shape index (κ1) is 8.06. The molecule has 0 aliphatic rings. The van der Waals surface area contributed by atoms with Crippen molar-refractivity contribution in [2.24, 2.45) is 0 Å². The molecule has 45 valence electrons. The Morgan fingerprint density at radius 3 is 1.75 bits per heavy atom. The summed E-state index contributed by atoms with van der Waals surface area (Å²) in [5.41, 5.74) is 0. The van der Waals surface area contributed by atoms with E-state index in [-0.39, 0.29) is 5.31 Å². The van der Waals surface area contributed by atoms with Gasteiger partial charge in [-0.05, 0) is 0 Å². The molecule has 0 aromatic rings. The van der Waals surface area contributed by atoms with Crippen molar-refractivity contribution in [3.05, 3.63) is 0 Å². The number of halogens is 1. The van der Waals surface area contributed by atoms with Crippen LogP contribution in [-0.2, 0) is 0 Å². The highest BCUT2D eigenvalue weighted by Gasteiger charge is 2.18. The fraction of sp³-hybridized carbons (Fsp3) is 1.00. The third kappa shape index (κ3) is 6.06. The minimum absolute atomic E-state index is 0.0220. The highest BCUT2D eigenvalue weighted by Crippen LogP contribution is 2.20. The Morgan fingerprint density at radius 1 is 1.38 bits per heavy atom. The molecule has 8 heavy (non-hydrogen) atoms. The fourth-order valence-corrected chi connectivity index (χ4v) is 0.689. The van der Waals surface area contributed by atoms with Crippen LogP contribution in [0.4, 0.5) is 4.32 Å². The van der Waals surface area contributed by atoms with Crippen molar-refractivity contribution in [2.75, 3.05) is 0 Å². The molecule has 0 aliphatic heterocycles. The molecule has 0 N–H and O–H groups in total. The summed E-state index contributed by atoms with van der Waals surface area (Å²) in [6.07, 6.45) is 0. The first-order valence-corrected chi connectivity index (χ1v) is 2.92. The topological polar surface area (TPSA) is 0 Å². The zero-order valence-corrected chi connectivity index (χ0v) is 6.03. The lowest BCUT2D eigenvalue weighted by molar-refractivity contribution is 0.754. The maximum Gasteiger partial charge on any atom is 0.299 e. The molecule has 0 heterocycles. The van der Waals surface area contributed by atoms with Crippen LogP contribution in [0.3, 0.4) is 0 Å². The van der Waals surface area contributed by atoms with Crippen LogP contribution in [0.15, 0.2) is 0 Å². The van der Waals surface area contributed by atoms with E-state index in [0.29, 0.717) is 0 Å². The van der Waals surface area contributed by atoms with E-state index in [4.69, 9.17) is 0 Å². The number of hydrogen-bond donors (Lipinski definition) is 0. The second kappa shape index (κ2) is 2.56. The van der Waals surface area contributed by atoms with Crippen molar-refractivity contribution >= 4 is 14.1 Å². The predicted octanol–water partition coefficient (Wildman–Crippen LogP) is 2.00. The van der Waals surface area contributed by atoms with Gasteiger partial charge in [0, 0.05) is 0 Å². The summed E-state index contributed by atoms with van der Waals surface area (Å²) in [6, 6.07) is 0. The van der Waals surface area contributed by atoms with E-state index in [9.17, 15) is 4.32 Å².